The Morgan fingerprint density at radius 1 is 1.14 bits per heavy atom. The molecule has 2 aliphatic carbocycles. The normalized spacial score (nSPS) is 35.6. The van der Waals surface area contributed by atoms with Crippen LogP contribution in [0.4, 0.5) is 0 Å². The predicted octanol–water partition coefficient (Wildman–Crippen LogP) is 3.66. The van der Waals surface area contributed by atoms with Crippen molar-refractivity contribution in [3.63, 3.8) is 0 Å². The number of hydrogen-bond acceptors (Lipinski definition) is 3. The van der Waals surface area contributed by atoms with E-state index in [9.17, 15) is 0 Å². The van der Waals surface area contributed by atoms with Gasteiger partial charge in [-0.2, -0.15) is 0 Å². The highest BCUT2D eigenvalue weighted by Gasteiger charge is 2.55. The summed E-state index contributed by atoms with van der Waals surface area (Å²) in [6.07, 6.45) is 14.3. The molecule has 0 bridgehead atoms. The highest BCUT2D eigenvalue weighted by atomic mass is 16.5. The Labute approximate surface area is 130 Å². The number of nitrogens with one attached hydrogen (secondary N) is 1. The minimum absolute atomic E-state index is 0.460. The molecule has 3 aliphatic rings. The van der Waals surface area contributed by atoms with Crippen molar-refractivity contribution in [1.82, 2.24) is 5.32 Å². The lowest BCUT2D eigenvalue weighted by Gasteiger charge is -2.58. The van der Waals surface area contributed by atoms with E-state index in [0.717, 1.165) is 19.8 Å². The van der Waals surface area contributed by atoms with Crippen LogP contribution in [0, 0.1) is 5.41 Å². The van der Waals surface area contributed by atoms with Crippen LogP contribution in [0.2, 0.25) is 0 Å². The number of ether oxygens (including phenoxy) is 2. The third-order valence-electron chi connectivity index (χ3n) is 6.07. The van der Waals surface area contributed by atoms with Gasteiger partial charge in [-0.25, -0.2) is 0 Å². The van der Waals surface area contributed by atoms with E-state index in [1.165, 1.54) is 64.2 Å². The average Bonchev–Trinajstić information content (AvgIpc) is 2.55. The summed E-state index contributed by atoms with van der Waals surface area (Å²) in [5, 5.41) is 3.86. The third-order valence-corrected chi connectivity index (χ3v) is 6.07. The summed E-state index contributed by atoms with van der Waals surface area (Å²) < 4.78 is 11.9. The van der Waals surface area contributed by atoms with Crippen LogP contribution in [0.25, 0.3) is 0 Å². The van der Waals surface area contributed by atoms with Crippen molar-refractivity contribution >= 4 is 0 Å². The molecule has 0 amide bonds. The molecule has 0 aromatic carbocycles. The first-order valence-corrected chi connectivity index (χ1v) is 9.32. The molecule has 0 aromatic heterocycles. The smallest absolute Gasteiger partial charge is 0.0661 e. The topological polar surface area (TPSA) is 30.5 Å². The van der Waals surface area contributed by atoms with E-state index in [2.05, 4.69) is 12.2 Å². The van der Waals surface area contributed by atoms with Gasteiger partial charge in [0.1, 0.15) is 0 Å². The van der Waals surface area contributed by atoms with Crippen LogP contribution < -0.4 is 5.32 Å². The SMILES string of the molecule is CCOC1CC(NCCC2CCCCO2)C12CCCCC2. The van der Waals surface area contributed by atoms with Crippen molar-refractivity contribution < 1.29 is 9.47 Å². The Hall–Kier alpha value is -0.120. The summed E-state index contributed by atoms with van der Waals surface area (Å²) in [6.45, 7) is 5.10. The summed E-state index contributed by atoms with van der Waals surface area (Å²) in [5.74, 6) is 0. The molecule has 21 heavy (non-hydrogen) atoms. The van der Waals surface area contributed by atoms with Gasteiger partial charge in [0, 0.05) is 24.7 Å². The third kappa shape index (κ3) is 3.46. The molecule has 122 valence electrons. The molecule has 1 N–H and O–H groups in total. The molecule has 0 radical (unpaired) electrons. The van der Waals surface area contributed by atoms with Crippen LogP contribution in [0.3, 0.4) is 0 Å². The Bertz CT molecular complexity index is 308. The maximum atomic E-state index is 6.03. The second-order valence-electron chi connectivity index (χ2n) is 7.26. The first-order valence-electron chi connectivity index (χ1n) is 9.32. The molecule has 3 rings (SSSR count). The average molecular weight is 295 g/mol. The van der Waals surface area contributed by atoms with E-state index in [-0.39, 0.29) is 0 Å². The zero-order valence-electron chi connectivity index (χ0n) is 13.7. The molecular formula is C18H33NO2. The molecule has 1 saturated heterocycles. The van der Waals surface area contributed by atoms with Crippen LogP contribution >= 0.6 is 0 Å². The van der Waals surface area contributed by atoms with Gasteiger partial charge in [-0.15, -0.1) is 0 Å². The maximum Gasteiger partial charge on any atom is 0.0661 e. The van der Waals surface area contributed by atoms with Crippen molar-refractivity contribution in [1.29, 1.82) is 0 Å². The molecule has 1 aliphatic heterocycles. The molecule has 2 saturated carbocycles. The van der Waals surface area contributed by atoms with Gasteiger partial charge >= 0.3 is 0 Å². The summed E-state index contributed by atoms with van der Waals surface area (Å²) in [6, 6.07) is 0.693. The Kier molecular flexibility index (Phi) is 5.58. The van der Waals surface area contributed by atoms with Gasteiger partial charge in [0.05, 0.1) is 12.2 Å². The van der Waals surface area contributed by atoms with Crippen LogP contribution in [-0.2, 0) is 9.47 Å². The highest BCUT2D eigenvalue weighted by molar-refractivity contribution is 5.08. The minimum Gasteiger partial charge on any atom is -0.378 e. The van der Waals surface area contributed by atoms with Gasteiger partial charge in [0.25, 0.3) is 0 Å². The Morgan fingerprint density at radius 3 is 2.71 bits per heavy atom. The molecule has 3 fully saturated rings. The van der Waals surface area contributed by atoms with Crippen LogP contribution in [0.5, 0.6) is 0 Å². The van der Waals surface area contributed by atoms with Gasteiger partial charge < -0.3 is 14.8 Å². The van der Waals surface area contributed by atoms with Gasteiger partial charge in [-0.3, -0.25) is 0 Å². The monoisotopic (exact) mass is 295 g/mol. The van der Waals surface area contributed by atoms with E-state index in [1.807, 2.05) is 0 Å². The van der Waals surface area contributed by atoms with E-state index in [4.69, 9.17) is 9.47 Å². The molecular weight excluding hydrogens is 262 g/mol. The van der Waals surface area contributed by atoms with Crippen molar-refractivity contribution in [2.75, 3.05) is 19.8 Å². The van der Waals surface area contributed by atoms with Gasteiger partial charge in [0.15, 0.2) is 0 Å². The number of hydrogen-bond donors (Lipinski definition) is 1. The minimum atomic E-state index is 0.460. The van der Waals surface area contributed by atoms with Gasteiger partial charge in [-0.05, 0) is 58.4 Å². The molecule has 3 unspecified atom stereocenters. The summed E-state index contributed by atoms with van der Waals surface area (Å²) in [7, 11) is 0. The summed E-state index contributed by atoms with van der Waals surface area (Å²) in [5.41, 5.74) is 0.460. The van der Waals surface area contributed by atoms with Crippen molar-refractivity contribution in [3.05, 3.63) is 0 Å². The molecule has 1 heterocycles. The fourth-order valence-corrected chi connectivity index (χ4v) is 4.80. The van der Waals surface area contributed by atoms with Gasteiger partial charge in [0.2, 0.25) is 0 Å². The lowest BCUT2D eigenvalue weighted by molar-refractivity contribution is -0.150. The fourth-order valence-electron chi connectivity index (χ4n) is 4.80. The first-order chi connectivity index (χ1) is 10.3. The first kappa shape index (κ1) is 15.8. The number of rotatable bonds is 6. The van der Waals surface area contributed by atoms with Gasteiger partial charge in [-0.1, -0.05) is 19.3 Å². The Balaban J connectivity index is 1.45. The van der Waals surface area contributed by atoms with Crippen molar-refractivity contribution in [3.8, 4) is 0 Å². The second kappa shape index (κ2) is 7.43. The molecule has 3 nitrogen and oxygen atoms in total. The summed E-state index contributed by atoms with van der Waals surface area (Å²) in [4.78, 5) is 0. The molecule has 3 heteroatoms. The maximum absolute atomic E-state index is 6.03. The zero-order chi connectivity index (χ0) is 14.5. The molecule has 0 aromatic rings. The zero-order valence-corrected chi connectivity index (χ0v) is 13.7. The van der Waals surface area contributed by atoms with Crippen molar-refractivity contribution in [2.45, 2.75) is 89.4 Å². The van der Waals surface area contributed by atoms with E-state index in [1.54, 1.807) is 0 Å². The molecule has 3 atom stereocenters. The predicted molar refractivity (Wildman–Crippen MR) is 85.5 cm³/mol. The van der Waals surface area contributed by atoms with Crippen LogP contribution in [-0.4, -0.2) is 38.0 Å². The van der Waals surface area contributed by atoms with E-state index >= 15 is 0 Å². The standard InChI is InChI=1S/C18H33NO2/c1-2-20-17-14-16(18(17)10-5-3-6-11-18)19-12-9-15-8-4-7-13-21-15/h15-17,19H,2-14H2,1H3. The fraction of sp³-hybridized carbons (Fsp3) is 1.00. The molecule has 1 spiro atoms. The van der Waals surface area contributed by atoms with E-state index in [0.29, 0.717) is 23.7 Å². The van der Waals surface area contributed by atoms with E-state index < -0.39 is 0 Å². The Morgan fingerprint density at radius 2 is 2.00 bits per heavy atom. The van der Waals surface area contributed by atoms with Crippen LogP contribution in [0.1, 0.15) is 71.1 Å². The second-order valence-corrected chi connectivity index (χ2v) is 7.26. The van der Waals surface area contributed by atoms with Crippen LogP contribution in [0.15, 0.2) is 0 Å². The largest absolute Gasteiger partial charge is 0.378 e. The quantitative estimate of drug-likeness (QED) is 0.811. The van der Waals surface area contributed by atoms with Crippen molar-refractivity contribution in [2.24, 2.45) is 5.41 Å². The lowest BCUT2D eigenvalue weighted by atomic mass is 9.55. The highest BCUT2D eigenvalue weighted by Crippen LogP contribution is 2.53. The lowest BCUT2D eigenvalue weighted by Crippen LogP contribution is -2.64. The summed E-state index contributed by atoms with van der Waals surface area (Å²) >= 11 is 0.